The fraction of sp³-hybridized carbons (Fsp3) is 0.200. The Morgan fingerprint density at radius 2 is 1.44 bits per heavy atom. The highest BCUT2D eigenvalue weighted by Crippen LogP contribution is 2.55. The largest absolute Gasteiger partial charge is 0.452 e. The molecule has 4 atom stereocenters. The Morgan fingerprint density at radius 1 is 0.674 bits per heavy atom. The zero-order chi connectivity index (χ0) is 28.3. The lowest BCUT2D eigenvalue weighted by molar-refractivity contribution is 0.213. The first-order chi connectivity index (χ1) is 21.3. The number of allylic oxidation sites excluding steroid dienone is 4. The van der Waals surface area contributed by atoms with E-state index < -0.39 is 0 Å². The molecular formula is C40H32N2O. The second-order valence-corrected chi connectivity index (χ2v) is 12.4. The van der Waals surface area contributed by atoms with Crippen molar-refractivity contribution in [3.8, 4) is 22.6 Å². The van der Waals surface area contributed by atoms with Gasteiger partial charge in [0, 0.05) is 22.4 Å². The van der Waals surface area contributed by atoms with Gasteiger partial charge in [-0.15, -0.1) is 0 Å². The van der Waals surface area contributed by atoms with Crippen LogP contribution in [0, 0.1) is 11.8 Å². The summed E-state index contributed by atoms with van der Waals surface area (Å²) >= 11 is 0. The van der Waals surface area contributed by atoms with E-state index in [1.165, 1.54) is 36.8 Å². The van der Waals surface area contributed by atoms with Gasteiger partial charge in [-0.1, -0.05) is 116 Å². The molecule has 0 aliphatic heterocycles. The maximum atomic E-state index is 6.32. The Kier molecular flexibility index (Phi) is 5.72. The van der Waals surface area contributed by atoms with Crippen molar-refractivity contribution in [2.45, 2.75) is 37.5 Å². The number of fused-ring (bicyclic) bond motifs is 9. The molecule has 1 saturated carbocycles. The predicted molar refractivity (Wildman–Crippen MR) is 175 cm³/mol. The molecule has 6 aromatic rings. The number of aromatic nitrogens is 2. The molecule has 4 unspecified atom stereocenters. The Bertz CT molecular complexity index is 2070. The van der Waals surface area contributed by atoms with Gasteiger partial charge in [0.05, 0.1) is 0 Å². The van der Waals surface area contributed by atoms with Crippen LogP contribution in [0.1, 0.15) is 54.2 Å². The van der Waals surface area contributed by atoms with Gasteiger partial charge >= 0.3 is 0 Å². The third-order valence-corrected chi connectivity index (χ3v) is 10.1. The molecule has 43 heavy (non-hydrogen) atoms. The molecule has 3 nitrogen and oxygen atoms in total. The van der Waals surface area contributed by atoms with Crippen LogP contribution in [0.4, 0.5) is 0 Å². The minimum Gasteiger partial charge on any atom is -0.452 e. The van der Waals surface area contributed by atoms with E-state index in [0.717, 1.165) is 44.7 Å². The van der Waals surface area contributed by atoms with Crippen LogP contribution in [0.15, 0.2) is 126 Å². The van der Waals surface area contributed by atoms with E-state index in [9.17, 15) is 0 Å². The summed E-state index contributed by atoms with van der Waals surface area (Å²) in [7, 11) is 0. The summed E-state index contributed by atoms with van der Waals surface area (Å²) in [6, 6.07) is 36.4. The lowest BCUT2D eigenvalue weighted by Gasteiger charge is -2.46. The summed E-state index contributed by atoms with van der Waals surface area (Å²) < 4.78 is 6.32. The predicted octanol–water partition coefficient (Wildman–Crippen LogP) is 10.4. The lowest BCUT2D eigenvalue weighted by atomic mass is 9.58. The molecule has 2 aromatic heterocycles. The highest BCUT2D eigenvalue weighted by atomic mass is 16.3. The number of furan rings is 1. The molecular weight excluding hydrogens is 524 g/mol. The van der Waals surface area contributed by atoms with E-state index in [1.807, 2.05) is 36.4 Å². The first kappa shape index (κ1) is 24.8. The molecule has 4 aromatic carbocycles. The Balaban J connectivity index is 1.15. The van der Waals surface area contributed by atoms with Crippen molar-refractivity contribution in [1.82, 2.24) is 9.97 Å². The molecule has 208 valence electrons. The van der Waals surface area contributed by atoms with Gasteiger partial charge in [0.25, 0.3) is 0 Å². The average molecular weight is 557 g/mol. The standard InChI is InChI=1S/C40H32N2O/c1-2-11-25(12-3-1)37-39-38(34-19-8-9-20-36(34)43-39)42-40(41-37)28-14-10-13-26(23-28)27-21-22-33-31-17-5-4-15-29(31)30-16-6-7-18-32(30)35(33)24-27/h1-5,8-15,17,19-24,30,32-33,35H,6-7,16,18H2. The average Bonchev–Trinajstić information content (AvgIpc) is 3.47. The lowest BCUT2D eigenvalue weighted by Crippen LogP contribution is -2.34. The fourth-order valence-corrected chi connectivity index (χ4v) is 8.10. The molecule has 0 spiro atoms. The van der Waals surface area contributed by atoms with Crippen LogP contribution in [-0.2, 0) is 0 Å². The summed E-state index contributed by atoms with van der Waals surface area (Å²) in [6.45, 7) is 0. The summed E-state index contributed by atoms with van der Waals surface area (Å²) in [5, 5.41) is 1.01. The zero-order valence-electron chi connectivity index (χ0n) is 24.0. The van der Waals surface area contributed by atoms with Gasteiger partial charge in [0.2, 0.25) is 0 Å². The molecule has 3 heteroatoms. The van der Waals surface area contributed by atoms with Gasteiger partial charge < -0.3 is 4.42 Å². The fourth-order valence-electron chi connectivity index (χ4n) is 8.10. The zero-order valence-corrected chi connectivity index (χ0v) is 24.0. The number of benzene rings is 4. The van der Waals surface area contributed by atoms with Crippen molar-refractivity contribution in [3.05, 3.63) is 138 Å². The van der Waals surface area contributed by atoms with E-state index in [-0.39, 0.29) is 0 Å². The van der Waals surface area contributed by atoms with Crippen molar-refractivity contribution < 1.29 is 4.42 Å². The number of rotatable bonds is 3. The van der Waals surface area contributed by atoms with Crippen LogP contribution in [0.3, 0.4) is 0 Å². The van der Waals surface area contributed by atoms with Crippen LogP contribution in [0.5, 0.6) is 0 Å². The Labute approximate surface area is 251 Å². The number of hydrogen-bond acceptors (Lipinski definition) is 3. The molecule has 0 amide bonds. The topological polar surface area (TPSA) is 38.9 Å². The molecule has 0 bridgehead atoms. The number of para-hydroxylation sites is 1. The van der Waals surface area contributed by atoms with Crippen LogP contribution < -0.4 is 0 Å². The van der Waals surface area contributed by atoms with Gasteiger partial charge in [-0.25, -0.2) is 9.97 Å². The highest BCUT2D eigenvalue weighted by Gasteiger charge is 2.42. The summed E-state index contributed by atoms with van der Waals surface area (Å²) in [5.74, 6) is 3.12. The third kappa shape index (κ3) is 4.02. The van der Waals surface area contributed by atoms with Gasteiger partial charge in [0.15, 0.2) is 11.4 Å². The highest BCUT2D eigenvalue weighted by molar-refractivity contribution is 6.07. The van der Waals surface area contributed by atoms with E-state index in [1.54, 1.807) is 11.1 Å². The normalized spacial score (nSPS) is 22.6. The van der Waals surface area contributed by atoms with Crippen LogP contribution in [0.2, 0.25) is 0 Å². The number of hydrogen-bond donors (Lipinski definition) is 0. The van der Waals surface area contributed by atoms with Crippen molar-refractivity contribution >= 4 is 27.6 Å². The van der Waals surface area contributed by atoms with E-state index in [0.29, 0.717) is 23.7 Å². The van der Waals surface area contributed by atoms with Crippen molar-refractivity contribution in [2.24, 2.45) is 11.8 Å². The van der Waals surface area contributed by atoms with Crippen LogP contribution in [0.25, 0.3) is 50.3 Å². The van der Waals surface area contributed by atoms with Gasteiger partial charge in [-0.05, 0) is 71.1 Å². The van der Waals surface area contributed by atoms with Gasteiger partial charge in [-0.2, -0.15) is 0 Å². The maximum Gasteiger partial charge on any atom is 0.180 e. The second-order valence-electron chi connectivity index (χ2n) is 12.4. The maximum absolute atomic E-state index is 6.32. The van der Waals surface area contributed by atoms with Crippen LogP contribution >= 0.6 is 0 Å². The molecule has 2 heterocycles. The molecule has 0 radical (unpaired) electrons. The molecule has 9 rings (SSSR count). The smallest absolute Gasteiger partial charge is 0.180 e. The van der Waals surface area contributed by atoms with E-state index in [2.05, 4.69) is 85.0 Å². The van der Waals surface area contributed by atoms with Gasteiger partial charge in [-0.3, -0.25) is 0 Å². The van der Waals surface area contributed by atoms with Crippen molar-refractivity contribution in [2.75, 3.05) is 0 Å². The Morgan fingerprint density at radius 3 is 2.37 bits per heavy atom. The third-order valence-electron chi connectivity index (χ3n) is 10.1. The van der Waals surface area contributed by atoms with E-state index >= 15 is 0 Å². The van der Waals surface area contributed by atoms with Crippen molar-refractivity contribution in [3.63, 3.8) is 0 Å². The molecule has 3 aliphatic rings. The Hall–Kier alpha value is -4.76. The minimum absolute atomic E-state index is 0.469. The SMILES string of the molecule is C1=CC2c3ccccc3C3CCCCC3C2C=C1c1cccc(-c2nc(-c3ccccc3)c3oc4ccccc4c3n2)c1. The number of nitrogens with zero attached hydrogens (tertiary/aromatic N) is 2. The summed E-state index contributed by atoms with van der Waals surface area (Å²) in [4.78, 5) is 10.2. The molecule has 3 aliphatic carbocycles. The summed E-state index contributed by atoms with van der Waals surface area (Å²) in [6.07, 6.45) is 12.8. The van der Waals surface area contributed by atoms with E-state index in [4.69, 9.17) is 14.4 Å². The first-order valence-corrected chi connectivity index (χ1v) is 15.7. The molecule has 1 fully saturated rings. The molecule has 0 N–H and O–H groups in total. The van der Waals surface area contributed by atoms with Crippen molar-refractivity contribution in [1.29, 1.82) is 0 Å². The second kappa shape index (κ2) is 9.91. The minimum atomic E-state index is 0.469. The van der Waals surface area contributed by atoms with Crippen LogP contribution in [-0.4, -0.2) is 9.97 Å². The molecule has 0 saturated heterocycles. The summed E-state index contributed by atoms with van der Waals surface area (Å²) in [5.41, 5.74) is 11.0. The first-order valence-electron chi connectivity index (χ1n) is 15.7. The quantitative estimate of drug-likeness (QED) is 0.218. The monoisotopic (exact) mass is 556 g/mol. The van der Waals surface area contributed by atoms with Gasteiger partial charge in [0.1, 0.15) is 16.8 Å².